The molecule has 104 valence electrons. The maximum atomic E-state index is 13.3. The Kier molecular flexibility index (Phi) is 4.96. The van der Waals surface area contributed by atoms with Gasteiger partial charge in [0, 0.05) is 10.6 Å². The molecule has 0 atom stereocenters. The van der Waals surface area contributed by atoms with Crippen molar-refractivity contribution in [3.63, 3.8) is 0 Å². The summed E-state index contributed by atoms with van der Waals surface area (Å²) in [7, 11) is 0. The summed E-state index contributed by atoms with van der Waals surface area (Å²) in [5.41, 5.74) is 0.514. The summed E-state index contributed by atoms with van der Waals surface area (Å²) in [4.78, 5) is 11.8. The van der Waals surface area contributed by atoms with Crippen LogP contribution in [0.25, 0.3) is 0 Å². The zero-order chi connectivity index (χ0) is 14.4. The lowest BCUT2D eigenvalue weighted by Gasteiger charge is -2.08. The van der Waals surface area contributed by atoms with Crippen LogP contribution in [0.3, 0.4) is 0 Å². The molecule has 0 spiro atoms. The van der Waals surface area contributed by atoms with E-state index in [1.165, 1.54) is 12.1 Å². The van der Waals surface area contributed by atoms with Crippen molar-refractivity contribution in [3.8, 4) is 5.75 Å². The average Bonchev–Trinajstić information content (AvgIpc) is 2.46. The number of hydrogen-bond acceptors (Lipinski definition) is 2. The summed E-state index contributed by atoms with van der Waals surface area (Å²) in [6, 6.07) is 12.7. The maximum absolute atomic E-state index is 13.3. The van der Waals surface area contributed by atoms with Crippen LogP contribution in [-0.2, 0) is 0 Å². The van der Waals surface area contributed by atoms with Crippen molar-refractivity contribution < 1.29 is 13.9 Å². The third-order valence-electron chi connectivity index (χ3n) is 2.59. The molecule has 0 heterocycles. The molecule has 20 heavy (non-hydrogen) atoms. The molecule has 0 aliphatic heterocycles. The number of rotatable bonds is 5. The quantitative estimate of drug-likeness (QED) is 0.859. The van der Waals surface area contributed by atoms with E-state index in [9.17, 15) is 9.18 Å². The Morgan fingerprint density at radius 1 is 1.15 bits per heavy atom. The van der Waals surface area contributed by atoms with E-state index in [1.807, 2.05) is 0 Å². The van der Waals surface area contributed by atoms with E-state index in [4.69, 9.17) is 16.3 Å². The zero-order valence-electron chi connectivity index (χ0n) is 10.6. The van der Waals surface area contributed by atoms with E-state index >= 15 is 0 Å². The molecule has 1 amide bonds. The zero-order valence-corrected chi connectivity index (χ0v) is 11.4. The minimum absolute atomic E-state index is 0.174. The molecule has 0 aliphatic carbocycles. The van der Waals surface area contributed by atoms with E-state index in [-0.39, 0.29) is 24.8 Å². The van der Waals surface area contributed by atoms with Gasteiger partial charge in [0.25, 0.3) is 5.91 Å². The summed E-state index contributed by atoms with van der Waals surface area (Å²) in [6.07, 6.45) is 0. The number of benzene rings is 2. The number of ether oxygens (including phenoxy) is 1. The first-order chi connectivity index (χ1) is 9.66. The van der Waals surface area contributed by atoms with Gasteiger partial charge in [-0.3, -0.25) is 4.79 Å². The Hall–Kier alpha value is -2.07. The number of carbonyl (C=O) groups excluding carboxylic acids is 1. The molecule has 0 aliphatic rings. The van der Waals surface area contributed by atoms with E-state index in [0.29, 0.717) is 10.6 Å². The fourth-order valence-electron chi connectivity index (χ4n) is 1.59. The Morgan fingerprint density at radius 2 is 1.85 bits per heavy atom. The minimum Gasteiger partial charge on any atom is -0.489 e. The van der Waals surface area contributed by atoms with Crippen LogP contribution in [0.2, 0.25) is 5.02 Å². The summed E-state index contributed by atoms with van der Waals surface area (Å²) in [5, 5.41) is 3.25. The van der Waals surface area contributed by atoms with Crippen molar-refractivity contribution in [2.45, 2.75) is 0 Å². The Labute approximate surface area is 121 Å². The second-order valence-electron chi connectivity index (χ2n) is 4.04. The van der Waals surface area contributed by atoms with Crippen molar-refractivity contribution in [2.24, 2.45) is 0 Å². The molecule has 3 nitrogen and oxygen atoms in total. The van der Waals surface area contributed by atoms with Gasteiger partial charge >= 0.3 is 0 Å². The molecular formula is C15H13ClFNO2. The third-order valence-corrected chi connectivity index (χ3v) is 2.84. The van der Waals surface area contributed by atoms with Crippen molar-refractivity contribution >= 4 is 17.5 Å². The topological polar surface area (TPSA) is 38.3 Å². The predicted molar refractivity (Wildman–Crippen MR) is 75.7 cm³/mol. The lowest BCUT2D eigenvalue weighted by Crippen LogP contribution is -2.28. The molecule has 1 N–H and O–H groups in total. The maximum Gasteiger partial charge on any atom is 0.251 e. The van der Waals surface area contributed by atoms with Crippen LogP contribution in [0.4, 0.5) is 4.39 Å². The predicted octanol–water partition coefficient (Wildman–Crippen LogP) is 3.29. The number of halogens is 2. The highest BCUT2D eigenvalue weighted by Crippen LogP contribution is 2.14. The van der Waals surface area contributed by atoms with E-state index in [2.05, 4.69) is 5.32 Å². The number of nitrogens with one attached hydrogen (secondary N) is 1. The van der Waals surface area contributed by atoms with Crippen LogP contribution in [-0.4, -0.2) is 19.1 Å². The summed E-state index contributed by atoms with van der Waals surface area (Å²) in [5.74, 6) is -0.469. The second-order valence-corrected chi connectivity index (χ2v) is 4.48. The first kappa shape index (κ1) is 14.3. The van der Waals surface area contributed by atoms with Gasteiger partial charge in [0.15, 0.2) is 11.6 Å². The van der Waals surface area contributed by atoms with Crippen LogP contribution in [0, 0.1) is 5.82 Å². The highest BCUT2D eigenvalue weighted by Gasteiger charge is 2.05. The summed E-state index contributed by atoms with van der Waals surface area (Å²) >= 11 is 5.74. The third kappa shape index (κ3) is 3.96. The van der Waals surface area contributed by atoms with Crippen LogP contribution in [0.1, 0.15) is 10.4 Å². The van der Waals surface area contributed by atoms with E-state index in [0.717, 1.165) is 0 Å². The normalized spacial score (nSPS) is 10.1. The number of carbonyl (C=O) groups is 1. The molecule has 0 saturated carbocycles. The minimum atomic E-state index is -0.420. The van der Waals surface area contributed by atoms with Gasteiger partial charge in [-0.1, -0.05) is 23.7 Å². The molecule has 0 aromatic heterocycles. The first-order valence-corrected chi connectivity index (χ1v) is 6.46. The highest BCUT2D eigenvalue weighted by molar-refractivity contribution is 6.30. The van der Waals surface area contributed by atoms with Gasteiger partial charge in [0.05, 0.1) is 6.54 Å². The SMILES string of the molecule is O=C(NCCOc1ccccc1F)c1ccc(Cl)cc1. The molecule has 5 heteroatoms. The van der Waals surface area contributed by atoms with Crippen LogP contribution in [0.15, 0.2) is 48.5 Å². The van der Waals surface area contributed by atoms with Gasteiger partial charge < -0.3 is 10.1 Å². The molecule has 0 fully saturated rings. The van der Waals surface area contributed by atoms with Crippen LogP contribution >= 0.6 is 11.6 Å². The Morgan fingerprint density at radius 3 is 2.55 bits per heavy atom. The van der Waals surface area contributed by atoms with Gasteiger partial charge in [-0.25, -0.2) is 4.39 Å². The van der Waals surface area contributed by atoms with Crippen molar-refractivity contribution in [1.29, 1.82) is 0 Å². The molecule has 0 saturated heterocycles. The van der Waals surface area contributed by atoms with Crippen molar-refractivity contribution in [3.05, 3.63) is 64.9 Å². The molecule has 2 rings (SSSR count). The van der Waals surface area contributed by atoms with Crippen LogP contribution in [0.5, 0.6) is 5.75 Å². The molecular weight excluding hydrogens is 281 g/mol. The van der Waals surface area contributed by atoms with Crippen molar-refractivity contribution in [1.82, 2.24) is 5.32 Å². The smallest absolute Gasteiger partial charge is 0.251 e. The number of hydrogen-bond donors (Lipinski definition) is 1. The average molecular weight is 294 g/mol. The van der Waals surface area contributed by atoms with E-state index in [1.54, 1.807) is 36.4 Å². The second kappa shape index (κ2) is 6.91. The van der Waals surface area contributed by atoms with Crippen molar-refractivity contribution in [2.75, 3.05) is 13.2 Å². The number of amides is 1. The van der Waals surface area contributed by atoms with Gasteiger partial charge in [-0.2, -0.15) is 0 Å². The standard InChI is InChI=1S/C15H13ClFNO2/c16-12-7-5-11(6-8-12)15(19)18-9-10-20-14-4-2-1-3-13(14)17/h1-8H,9-10H2,(H,18,19). The lowest BCUT2D eigenvalue weighted by molar-refractivity contribution is 0.0947. The Bertz CT molecular complexity index is 587. The van der Waals surface area contributed by atoms with Crippen LogP contribution < -0.4 is 10.1 Å². The first-order valence-electron chi connectivity index (χ1n) is 6.08. The monoisotopic (exact) mass is 293 g/mol. The molecule has 0 bridgehead atoms. The summed E-state index contributed by atoms with van der Waals surface area (Å²) < 4.78 is 18.5. The van der Waals surface area contributed by atoms with Gasteiger partial charge in [0.1, 0.15) is 6.61 Å². The fourth-order valence-corrected chi connectivity index (χ4v) is 1.72. The van der Waals surface area contributed by atoms with Gasteiger partial charge in [-0.05, 0) is 36.4 Å². The fraction of sp³-hybridized carbons (Fsp3) is 0.133. The summed E-state index contributed by atoms with van der Waals surface area (Å²) in [6.45, 7) is 0.482. The molecule has 2 aromatic rings. The largest absolute Gasteiger partial charge is 0.489 e. The number of para-hydroxylation sites is 1. The van der Waals surface area contributed by atoms with Gasteiger partial charge in [-0.15, -0.1) is 0 Å². The van der Waals surface area contributed by atoms with Gasteiger partial charge in [0.2, 0.25) is 0 Å². The molecule has 0 radical (unpaired) electrons. The Balaban J connectivity index is 1.77. The molecule has 0 unspecified atom stereocenters. The van der Waals surface area contributed by atoms with E-state index < -0.39 is 5.82 Å². The molecule has 2 aromatic carbocycles. The highest BCUT2D eigenvalue weighted by atomic mass is 35.5. The lowest BCUT2D eigenvalue weighted by atomic mass is 10.2.